The third kappa shape index (κ3) is 4.50. The maximum absolute atomic E-state index is 12.2. The van der Waals surface area contributed by atoms with Crippen LogP contribution in [0.5, 0.6) is 5.75 Å². The molecule has 0 radical (unpaired) electrons. The molecule has 0 saturated carbocycles. The molecule has 1 amide bonds. The van der Waals surface area contributed by atoms with Gasteiger partial charge in [0.2, 0.25) is 0 Å². The molecule has 4 heteroatoms. The van der Waals surface area contributed by atoms with Crippen LogP contribution < -0.4 is 10.1 Å². The molecule has 0 aliphatic heterocycles. The lowest BCUT2D eigenvalue weighted by Gasteiger charge is -2.10. The maximum atomic E-state index is 12.2. The Morgan fingerprint density at radius 3 is 2.67 bits per heavy atom. The van der Waals surface area contributed by atoms with Crippen LogP contribution in [0.25, 0.3) is 0 Å². The number of carbonyl (C=O) groups excluding carboxylic acids is 1. The van der Waals surface area contributed by atoms with Gasteiger partial charge in [-0.3, -0.25) is 4.79 Å². The van der Waals surface area contributed by atoms with Crippen LogP contribution in [-0.2, 0) is 0 Å². The maximum Gasteiger partial charge on any atom is 0.255 e. The average molecular weight is 304 g/mol. The Morgan fingerprint density at radius 1 is 1.19 bits per heavy atom. The van der Waals surface area contributed by atoms with Gasteiger partial charge in [-0.05, 0) is 36.2 Å². The summed E-state index contributed by atoms with van der Waals surface area (Å²) in [6.07, 6.45) is 0. The minimum Gasteiger partial charge on any atom is -0.493 e. The van der Waals surface area contributed by atoms with Crippen molar-refractivity contribution in [2.24, 2.45) is 5.92 Å². The zero-order valence-corrected chi connectivity index (χ0v) is 12.9. The van der Waals surface area contributed by atoms with Gasteiger partial charge in [-0.25, -0.2) is 0 Å². The fraction of sp³-hybridized carbons (Fsp3) is 0.235. The molecule has 0 spiro atoms. The number of nitrogens with one attached hydrogen (secondary N) is 1. The lowest BCUT2D eigenvalue weighted by molar-refractivity contribution is 0.102. The van der Waals surface area contributed by atoms with E-state index in [9.17, 15) is 4.79 Å². The second-order valence-corrected chi connectivity index (χ2v) is 5.57. The van der Waals surface area contributed by atoms with Gasteiger partial charge in [0.05, 0.1) is 17.3 Å². The Kier molecular flexibility index (Phi) is 5.23. The van der Waals surface area contributed by atoms with E-state index in [4.69, 9.17) is 16.3 Å². The molecule has 0 saturated heterocycles. The molecule has 0 unspecified atom stereocenters. The number of para-hydroxylation sites is 1. The van der Waals surface area contributed by atoms with Gasteiger partial charge in [0.1, 0.15) is 5.75 Å². The standard InChI is InChI=1S/C17H18ClNO2/c1-12(2)11-21-14-7-5-6-13(10-14)17(20)19-16-9-4-3-8-15(16)18/h3-10,12H,11H2,1-2H3,(H,19,20). The van der Waals surface area contributed by atoms with Crippen LogP contribution in [0.4, 0.5) is 5.69 Å². The number of halogens is 1. The van der Waals surface area contributed by atoms with Crippen molar-refractivity contribution in [3.63, 3.8) is 0 Å². The number of benzene rings is 2. The molecule has 2 aromatic rings. The quantitative estimate of drug-likeness (QED) is 0.874. The van der Waals surface area contributed by atoms with Crippen LogP contribution in [0.3, 0.4) is 0 Å². The Balaban J connectivity index is 2.09. The van der Waals surface area contributed by atoms with Gasteiger partial charge >= 0.3 is 0 Å². The number of carbonyl (C=O) groups is 1. The monoisotopic (exact) mass is 303 g/mol. The van der Waals surface area contributed by atoms with Crippen LogP contribution in [-0.4, -0.2) is 12.5 Å². The van der Waals surface area contributed by atoms with Gasteiger partial charge < -0.3 is 10.1 Å². The summed E-state index contributed by atoms with van der Waals surface area (Å²) in [5.74, 6) is 0.916. The van der Waals surface area contributed by atoms with Gasteiger partial charge in [-0.2, -0.15) is 0 Å². The fourth-order valence-corrected chi connectivity index (χ4v) is 1.93. The van der Waals surface area contributed by atoms with E-state index in [1.165, 1.54) is 0 Å². The third-order valence-corrected chi connectivity index (χ3v) is 3.13. The highest BCUT2D eigenvalue weighted by Gasteiger charge is 2.09. The van der Waals surface area contributed by atoms with Crippen LogP contribution >= 0.6 is 11.6 Å². The number of amides is 1. The summed E-state index contributed by atoms with van der Waals surface area (Å²) in [5.41, 5.74) is 1.13. The minimum absolute atomic E-state index is 0.210. The molecule has 0 aromatic heterocycles. The predicted octanol–water partition coefficient (Wildman–Crippen LogP) is 4.63. The second kappa shape index (κ2) is 7.14. The highest BCUT2D eigenvalue weighted by Crippen LogP contribution is 2.22. The van der Waals surface area contributed by atoms with Crippen molar-refractivity contribution in [3.8, 4) is 5.75 Å². The van der Waals surface area contributed by atoms with Crippen LogP contribution in [0.2, 0.25) is 5.02 Å². The van der Waals surface area contributed by atoms with Crippen LogP contribution in [0.1, 0.15) is 24.2 Å². The molecule has 3 nitrogen and oxygen atoms in total. The molecular formula is C17H18ClNO2. The number of rotatable bonds is 5. The summed E-state index contributed by atoms with van der Waals surface area (Å²) >= 11 is 6.03. The largest absolute Gasteiger partial charge is 0.493 e. The predicted molar refractivity (Wildman–Crippen MR) is 86.2 cm³/mol. The first-order valence-electron chi connectivity index (χ1n) is 6.85. The summed E-state index contributed by atoms with van der Waals surface area (Å²) in [5, 5.41) is 3.30. The van der Waals surface area contributed by atoms with Crippen molar-refractivity contribution in [1.29, 1.82) is 0 Å². The van der Waals surface area contributed by atoms with Crippen molar-refractivity contribution in [2.75, 3.05) is 11.9 Å². The molecule has 0 atom stereocenters. The molecule has 2 aromatic carbocycles. The van der Waals surface area contributed by atoms with Gasteiger partial charge in [0.15, 0.2) is 0 Å². The third-order valence-electron chi connectivity index (χ3n) is 2.80. The highest BCUT2D eigenvalue weighted by atomic mass is 35.5. The summed E-state index contributed by atoms with van der Waals surface area (Å²) in [6.45, 7) is 4.78. The van der Waals surface area contributed by atoms with E-state index in [0.717, 1.165) is 0 Å². The zero-order valence-electron chi connectivity index (χ0n) is 12.1. The Morgan fingerprint density at radius 2 is 1.95 bits per heavy atom. The second-order valence-electron chi connectivity index (χ2n) is 5.17. The Labute approximate surface area is 129 Å². The molecule has 0 bridgehead atoms. The summed E-state index contributed by atoms with van der Waals surface area (Å²) in [7, 11) is 0. The molecule has 0 aliphatic carbocycles. The van der Waals surface area contributed by atoms with Crippen molar-refractivity contribution >= 4 is 23.2 Å². The van der Waals surface area contributed by atoms with E-state index in [1.54, 1.807) is 30.3 Å². The first kappa shape index (κ1) is 15.4. The Bertz CT molecular complexity index is 626. The van der Waals surface area contributed by atoms with E-state index in [0.29, 0.717) is 34.5 Å². The molecule has 110 valence electrons. The summed E-state index contributed by atoms with van der Waals surface area (Å²) in [4.78, 5) is 12.2. The smallest absolute Gasteiger partial charge is 0.255 e. The van der Waals surface area contributed by atoms with E-state index in [2.05, 4.69) is 19.2 Å². The van der Waals surface area contributed by atoms with E-state index >= 15 is 0 Å². The van der Waals surface area contributed by atoms with Crippen molar-refractivity contribution in [2.45, 2.75) is 13.8 Å². The van der Waals surface area contributed by atoms with Gasteiger partial charge in [-0.1, -0.05) is 43.6 Å². The Hall–Kier alpha value is -2.00. The molecular weight excluding hydrogens is 286 g/mol. The van der Waals surface area contributed by atoms with E-state index in [-0.39, 0.29) is 5.91 Å². The summed E-state index contributed by atoms with van der Waals surface area (Å²) < 4.78 is 5.63. The number of hydrogen-bond acceptors (Lipinski definition) is 2. The van der Waals surface area contributed by atoms with Gasteiger partial charge in [-0.15, -0.1) is 0 Å². The lowest BCUT2D eigenvalue weighted by atomic mass is 10.2. The number of hydrogen-bond donors (Lipinski definition) is 1. The van der Waals surface area contributed by atoms with Gasteiger partial charge in [0, 0.05) is 5.56 Å². The van der Waals surface area contributed by atoms with E-state index < -0.39 is 0 Å². The minimum atomic E-state index is -0.210. The summed E-state index contributed by atoms with van der Waals surface area (Å²) in [6, 6.07) is 14.3. The molecule has 21 heavy (non-hydrogen) atoms. The highest BCUT2D eigenvalue weighted by molar-refractivity contribution is 6.33. The number of ether oxygens (including phenoxy) is 1. The number of anilines is 1. The molecule has 0 fully saturated rings. The SMILES string of the molecule is CC(C)COc1cccc(C(=O)Nc2ccccc2Cl)c1. The average Bonchev–Trinajstić information content (AvgIpc) is 2.48. The first-order valence-corrected chi connectivity index (χ1v) is 7.23. The van der Waals surface area contributed by atoms with Crippen LogP contribution in [0, 0.1) is 5.92 Å². The van der Waals surface area contributed by atoms with Crippen molar-refractivity contribution < 1.29 is 9.53 Å². The van der Waals surface area contributed by atoms with Crippen molar-refractivity contribution in [1.82, 2.24) is 0 Å². The van der Waals surface area contributed by atoms with Gasteiger partial charge in [0.25, 0.3) is 5.91 Å². The van der Waals surface area contributed by atoms with Crippen molar-refractivity contribution in [3.05, 3.63) is 59.1 Å². The van der Waals surface area contributed by atoms with E-state index in [1.807, 2.05) is 18.2 Å². The molecule has 0 heterocycles. The fourth-order valence-electron chi connectivity index (χ4n) is 1.75. The molecule has 0 aliphatic rings. The van der Waals surface area contributed by atoms with Crippen LogP contribution in [0.15, 0.2) is 48.5 Å². The molecule has 1 N–H and O–H groups in total. The topological polar surface area (TPSA) is 38.3 Å². The zero-order chi connectivity index (χ0) is 15.2. The molecule has 2 rings (SSSR count). The first-order chi connectivity index (χ1) is 10.1. The lowest BCUT2D eigenvalue weighted by Crippen LogP contribution is -2.12. The normalized spacial score (nSPS) is 10.5.